The molecule has 0 aromatic heterocycles. The molecule has 1 aliphatic rings. The molecule has 3 nitrogen and oxygen atoms in total. The van der Waals surface area contributed by atoms with E-state index in [1.807, 2.05) is 12.1 Å². The summed E-state index contributed by atoms with van der Waals surface area (Å²) in [5.41, 5.74) is 1.29. The highest BCUT2D eigenvalue weighted by molar-refractivity contribution is 5.25. The number of hydrogen-bond donors (Lipinski definition) is 1. The summed E-state index contributed by atoms with van der Waals surface area (Å²) in [6, 6.07) is 8.12. The van der Waals surface area contributed by atoms with Crippen molar-refractivity contribution >= 4 is 0 Å². The first kappa shape index (κ1) is 12.4. The zero-order chi connectivity index (χ0) is 12.1. The van der Waals surface area contributed by atoms with Crippen molar-refractivity contribution < 1.29 is 9.84 Å². The van der Waals surface area contributed by atoms with Crippen LogP contribution in [0.3, 0.4) is 0 Å². The van der Waals surface area contributed by atoms with E-state index in [4.69, 9.17) is 4.74 Å². The summed E-state index contributed by atoms with van der Waals surface area (Å²) < 4.78 is 5.36. The third kappa shape index (κ3) is 3.72. The molecule has 2 rings (SSSR count). The van der Waals surface area contributed by atoms with Crippen LogP contribution in [0.2, 0.25) is 0 Å². The van der Waals surface area contributed by atoms with Crippen LogP contribution >= 0.6 is 0 Å². The van der Waals surface area contributed by atoms with Crippen molar-refractivity contribution in [2.24, 2.45) is 0 Å². The highest BCUT2D eigenvalue weighted by Gasteiger charge is 2.16. The Morgan fingerprint density at radius 3 is 2.53 bits per heavy atom. The van der Waals surface area contributed by atoms with Gasteiger partial charge in [-0.15, -0.1) is 0 Å². The summed E-state index contributed by atoms with van der Waals surface area (Å²) in [7, 11) is 0. The number of rotatable bonds is 4. The standard InChI is InChI=1S/C14H21NO2/c1-12(15-8-10-17-11-9-15)2-3-13-4-6-14(16)7-5-13/h4-7,12,16H,2-3,8-11H2,1H3. The van der Waals surface area contributed by atoms with Crippen LogP contribution in [0.1, 0.15) is 18.9 Å². The Labute approximate surface area is 103 Å². The minimum absolute atomic E-state index is 0.343. The van der Waals surface area contributed by atoms with Crippen molar-refractivity contribution in [3.63, 3.8) is 0 Å². The van der Waals surface area contributed by atoms with E-state index >= 15 is 0 Å². The van der Waals surface area contributed by atoms with E-state index in [-0.39, 0.29) is 0 Å². The Morgan fingerprint density at radius 2 is 1.88 bits per heavy atom. The number of aryl methyl sites for hydroxylation is 1. The zero-order valence-electron chi connectivity index (χ0n) is 10.4. The van der Waals surface area contributed by atoms with Gasteiger partial charge in [0, 0.05) is 19.1 Å². The summed E-state index contributed by atoms with van der Waals surface area (Å²) in [5, 5.41) is 9.22. The largest absolute Gasteiger partial charge is 0.508 e. The van der Waals surface area contributed by atoms with E-state index in [1.54, 1.807) is 12.1 Å². The van der Waals surface area contributed by atoms with Gasteiger partial charge in [-0.2, -0.15) is 0 Å². The Morgan fingerprint density at radius 1 is 1.24 bits per heavy atom. The number of phenolic OH excluding ortho intramolecular Hbond substituents is 1. The molecule has 0 aliphatic carbocycles. The molecule has 1 aromatic rings. The van der Waals surface area contributed by atoms with Gasteiger partial charge in [0.25, 0.3) is 0 Å². The van der Waals surface area contributed by atoms with Crippen LogP contribution < -0.4 is 0 Å². The van der Waals surface area contributed by atoms with Gasteiger partial charge in [-0.1, -0.05) is 12.1 Å². The van der Waals surface area contributed by atoms with Crippen LogP contribution in [0, 0.1) is 0 Å². The lowest BCUT2D eigenvalue weighted by atomic mass is 10.0. The van der Waals surface area contributed by atoms with Gasteiger partial charge in [0.05, 0.1) is 13.2 Å². The van der Waals surface area contributed by atoms with E-state index < -0.39 is 0 Å². The average molecular weight is 235 g/mol. The predicted molar refractivity (Wildman–Crippen MR) is 68.3 cm³/mol. The maximum absolute atomic E-state index is 9.22. The molecule has 0 spiro atoms. The Kier molecular flexibility index (Phi) is 4.40. The number of nitrogens with zero attached hydrogens (tertiary/aromatic N) is 1. The molecule has 1 heterocycles. The van der Waals surface area contributed by atoms with E-state index in [2.05, 4.69) is 11.8 Å². The molecule has 1 saturated heterocycles. The van der Waals surface area contributed by atoms with Gasteiger partial charge >= 0.3 is 0 Å². The third-order valence-corrected chi connectivity index (χ3v) is 3.46. The molecule has 0 saturated carbocycles. The fourth-order valence-electron chi connectivity index (χ4n) is 2.24. The van der Waals surface area contributed by atoms with Crippen LogP contribution in [0.15, 0.2) is 24.3 Å². The summed E-state index contributed by atoms with van der Waals surface area (Å²) in [5.74, 6) is 0.343. The second-order valence-electron chi connectivity index (χ2n) is 4.70. The highest BCUT2D eigenvalue weighted by Crippen LogP contribution is 2.14. The van der Waals surface area contributed by atoms with Crippen LogP contribution in [0.25, 0.3) is 0 Å². The van der Waals surface area contributed by atoms with E-state index in [9.17, 15) is 5.11 Å². The maximum atomic E-state index is 9.22. The summed E-state index contributed by atoms with van der Waals surface area (Å²) >= 11 is 0. The number of benzene rings is 1. The van der Waals surface area contributed by atoms with Gasteiger partial charge in [-0.05, 0) is 37.5 Å². The van der Waals surface area contributed by atoms with E-state index in [0.29, 0.717) is 11.8 Å². The summed E-state index contributed by atoms with van der Waals surface area (Å²) in [4.78, 5) is 2.49. The molecule has 1 unspecified atom stereocenters. The molecule has 0 amide bonds. The van der Waals surface area contributed by atoms with Crippen molar-refractivity contribution in [2.45, 2.75) is 25.8 Å². The SMILES string of the molecule is CC(CCc1ccc(O)cc1)N1CCOCC1. The molecule has 94 valence electrons. The minimum atomic E-state index is 0.343. The number of hydrogen-bond acceptors (Lipinski definition) is 3. The second-order valence-corrected chi connectivity index (χ2v) is 4.70. The topological polar surface area (TPSA) is 32.7 Å². The molecule has 1 N–H and O–H groups in total. The lowest BCUT2D eigenvalue weighted by molar-refractivity contribution is 0.0187. The summed E-state index contributed by atoms with van der Waals surface area (Å²) in [6.07, 6.45) is 2.23. The molecule has 1 fully saturated rings. The molecular weight excluding hydrogens is 214 g/mol. The Balaban J connectivity index is 1.78. The van der Waals surface area contributed by atoms with Crippen molar-refractivity contribution in [3.05, 3.63) is 29.8 Å². The monoisotopic (exact) mass is 235 g/mol. The molecule has 3 heteroatoms. The van der Waals surface area contributed by atoms with Crippen LogP contribution in [0.5, 0.6) is 5.75 Å². The van der Waals surface area contributed by atoms with Gasteiger partial charge in [0.2, 0.25) is 0 Å². The smallest absolute Gasteiger partial charge is 0.115 e. The number of aromatic hydroxyl groups is 1. The number of morpholine rings is 1. The first-order chi connectivity index (χ1) is 8.25. The zero-order valence-corrected chi connectivity index (χ0v) is 10.4. The number of ether oxygens (including phenoxy) is 1. The van der Waals surface area contributed by atoms with Crippen molar-refractivity contribution in [1.29, 1.82) is 0 Å². The molecule has 1 aromatic carbocycles. The quantitative estimate of drug-likeness (QED) is 0.867. The second kappa shape index (κ2) is 6.03. The van der Waals surface area contributed by atoms with Crippen molar-refractivity contribution in [2.75, 3.05) is 26.3 Å². The van der Waals surface area contributed by atoms with Crippen molar-refractivity contribution in [3.8, 4) is 5.75 Å². The minimum Gasteiger partial charge on any atom is -0.508 e. The van der Waals surface area contributed by atoms with Gasteiger partial charge in [-0.3, -0.25) is 4.90 Å². The third-order valence-electron chi connectivity index (χ3n) is 3.46. The Bertz CT molecular complexity index is 331. The van der Waals surface area contributed by atoms with Crippen LogP contribution in [0.4, 0.5) is 0 Å². The molecule has 1 atom stereocenters. The van der Waals surface area contributed by atoms with Crippen LogP contribution in [-0.4, -0.2) is 42.4 Å². The molecule has 1 aliphatic heterocycles. The average Bonchev–Trinajstić information content (AvgIpc) is 2.39. The van der Waals surface area contributed by atoms with Crippen molar-refractivity contribution in [1.82, 2.24) is 4.90 Å². The molecular formula is C14H21NO2. The first-order valence-electron chi connectivity index (χ1n) is 6.35. The predicted octanol–water partition coefficient (Wildman–Crippen LogP) is 2.05. The summed E-state index contributed by atoms with van der Waals surface area (Å²) in [6.45, 7) is 6.12. The fourth-order valence-corrected chi connectivity index (χ4v) is 2.24. The lowest BCUT2D eigenvalue weighted by Crippen LogP contribution is -2.42. The van der Waals surface area contributed by atoms with Crippen LogP contribution in [-0.2, 0) is 11.2 Å². The lowest BCUT2D eigenvalue weighted by Gasteiger charge is -2.32. The molecule has 17 heavy (non-hydrogen) atoms. The normalized spacial score (nSPS) is 19.1. The molecule has 0 radical (unpaired) electrons. The van der Waals surface area contributed by atoms with Gasteiger partial charge in [-0.25, -0.2) is 0 Å². The maximum Gasteiger partial charge on any atom is 0.115 e. The highest BCUT2D eigenvalue weighted by atomic mass is 16.5. The van der Waals surface area contributed by atoms with Gasteiger partial charge in [0.15, 0.2) is 0 Å². The molecule has 0 bridgehead atoms. The van der Waals surface area contributed by atoms with Gasteiger partial charge in [0.1, 0.15) is 5.75 Å². The van der Waals surface area contributed by atoms with E-state index in [0.717, 1.165) is 39.1 Å². The first-order valence-corrected chi connectivity index (χ1v) is 6.35. The number of phenols is 1. The Hall–Kier alpha value is -1.06. The fraction of sp³-hybridized carbons (Fsp3) is 0.571. The van der Waals surface area contributed by atoms with E-state index in [1.165, 1.54) is 5.56 Å². The van der Waals surface area contributed by atoms with Gasteiger partial charge < -0.3 is 9.84 Å².